The van der Waals surface area contributed by atoms with Crippen molar-refractivity contribution in [3.8, 4) is 0 Å². The first-order chi connectivity index (χ1) is 8.78. The summed E-state index contributed by atoms with van der Waals surface area (Å²) in [6.45, 7) is 5.54. The van der Waals surface area contributed by atoms with Crippen molar-refractivity contribution in [3.63, 3.8) is 0 Å². The summed E-state index contributed by atoms with van der Waals surface area (Å²) in [5.41, 5.74) is 5.77. The summed E-state index contributed by atoms with van der Waals surface area (Å²) in [4.78, 5) is 4.23. The number of hydrogen-bond acceptors (Lipinski definition) is 3. The van der Waals surface area contributed by atoms with E-state index in [0.29, 0.717) is 25.0 Å². The number of nitrogens with one attached hydrogen (secondary N) is 2. The molecule has 0 saturated heterocycles. The number of halogens is 1. The Morgan fingerprint density at radius 2 is 2.05 bits per heavy atom. The maximum atomic E-state index is 11.3. The van der Waals surface area contributed by atoms with E-state index in [0.717, 1.165) is 19.3 Å². The van der Waals surface area contributed by atoms with Crippen LogP contribution in [0.1, 0.15) is 33.1 Å². The normalized spacial score (nSPS) is 23.7. The highest BCUT2D eigenvalue weighted by Crippen LogP contribution is 2.25. The summed E-state index contributed by atoms with van der Waals surface area (Å²) in [5, 5.41) is 3.09. The van der Waals surface area contributed by atoms with Gasteiger partial charge in [0.1, 0.15) is 0 Å². The molecule has 4 N–H and O–H groups in total. The van der Waals surface area contributed by atoms with Crippen LogP contribution >= 0.6 is 24.0 Å². The number of aliphatic imine (C=N–C) groups is 1. The second-order valence-corrected chi connectivity index (χ2v) is 7.47. The minimum Gasteiger partial charge on any atom is -0.370 e. The van der Waals surface area contributed by atoms with E-state index in [1.54, 1.807) is 0 Å². The van der Waals surface area contributed by atoms with Gasteiger partial charge in [0.15, 0.2) is 5.96 Å². The van der Waals surface area contributed by atoms with E-state index in [4.69, 9.17) is 5.73 Å². The minimum atomic E-state index is -3.14. The first-order valence-corrected chi connectivity index (χ1v) is 8.68. The predicted molar refractivity (Wildman–Crippen MR) is 93.9 cm³/mol. The molecule has 0 spiro atoms. The van der Waals surface area contributed by atoms with Crippen LogP contribution in [-0.2, 0) is 10.0 Å². The summed E-state index contributed by atoms with van der Waals surface area (Å²) in [6.07, 6.45) is 4.15. The van der Waals surface area contributed by atoms with E-state index in [1.807, 2.05) is 0 Å². The molecule has 20 heavy (non-hydrogen) atoms. The molecule has 0 aromatic carbocycles. The zero-order chi connectivity index (χ0) is 14.5. The third-order valence-corrected chi connectivity index (χ3v) is 3.93. The van der Waals surface area contributed by atoms with Gasteiger partial charge in [0, 0.05) is 19.1 Å². The van der Waals surface area contributed by atoms with Gasteiger partial charge in [-0.15, -0.1) is 24.0 Å². The lowest BCUT2D eigenvalue weighted by molar-refractivity contribution is 0.440. The van der Waals surface area contributed by atoms with Gasteiger partial charge < -0.3 is 11.1 Å². The molecule has 0 amide bonds. The monoisotopic (exact) mass is 418 g/mol. The van der Waals surface area contributed by atoms with E-state index in [9.17, 15) is 8.42 Å². The molecule has 1 aliphatic carbocycles. The molecule has 0 radical (unpaired) electrons. The van der Waals surface area contributed by atoms with Gasteiger partial charge in [0.05, 0.1) is 6.26 Å². The van der Waals surface area contributed by atoms with Crippen molar-refractivity contribution in [2.45, 2.75) is 39.2 Å². The Bertz CT molecular complexity index is 412. The molecule has 0 heterocycles. The molecule has 0 aliphatic heterocycles. The van der Waals surface area contributed by atoms with Crippen molar-refractivity contribution >= 4 is 40.0 Å². The molecule has 8 heteroatoms. The van der Waals surface area contributed by atoms with Gasteiger partial charge in [-0.1, -0.05) is 20.3 Å². The molecule has 0 aromatic rings. The first-order valence-electron chi connectivity index (χ1n) is 6.79. The second-order valence-electron chi connectivity index (χ2n) is 5.69. The van der Waals surface area contributed by atoms with Crippen LogP contribution < -0.4 is 15.8 Å². The smallest absolute Gasteiger partial charge is 0.208 e. The average molecular weight is 418 g/mol. The van der Waals surface area contributed by atoms with E-state index >= 15 is 0 Å². The Balaban J connectivity index is 0.00000361. The predicted octanol–water partition coefficient (Wildman–Crippen LogP) is 0.883. The standard InChI is InChI=1S/C12H26N4O2S.HI/c1-9(2)7-14-12(13)15-8-10-5-4-6-11(10)16-19(3,17)18;/h9-11,16H,4-8H2,1-3H3,(H3,13,14,15);1H. The van der Waals surface area contributed by atoms with Gasteiger partial charge in [-0.05, 0) is 24.7 Å². The molecular formula is C12H27IN4O2S. The van der Waals surface area contributed by atoms with Crippen LogP contribution in [0.3, 0.4) is 0 Å². The lowest BCUT2D eigenvalue weighted by Crippen LogP contribution is -2.43. The number of guanidine groups is 1. The van der Waals surface area contributed by atoms with Gasteiger partial charge in [0.25, 0.3) is 0 Å². The van der Waals surface area contributed by atoms with Crippen molar-refractivity contribution in [2.75, 3.05) is 19.3 Å². The highest BCUT2D eigenvalue weighted by atomic mass is 127. The van der Waals surface area contributed by atoms with Crippen LogP contribution in [-0.4, -0.2) is 39.8 Å². The molecule has 1 rings (SSSR count). The van der Waals surface area contributed by atoms with Gasteiger partial charge in [-0.25, -0.2) is 13.1 Å². The Kier molecular flexibility index (Phi) is 8.99. The van der Waals surface area contributed by atoms with Crippen LogP contribution in [0.5, 0.6) is 0 Å². The topological polar surface area (TPSA) is 96.6 Å². The fourth-order valence-electron chi connectivity index (χ4n) is 2.28. The van der Waals surface area contributed by atoms with Crippen LogP contribution in [0, 0.1) is 11.8 Å². The molecule has 0 bridgehead atoms. The number of nitrogens with two attached hydrogens (primary N) is 1. The SMILES string of the molecule is CC(C)CN=C(N)NCC1CCCC1NS(C)(=O)=O.I. The van der Waals surface area contributed by atoms with Gasteiger partial charge in [-0.3, -0.25) is 4.99 Å². The average Bonchev–Trinajstić information content (AvgIpc) is 2.68. The maximum Gasteiger partial charge on any atom is 0.208 e. The number of rotatable bonds is 6. The fraction of sp³-hybridized carbons (Fsp3) is 0.917. The Morgan fingerprint density at radius 1 is 1.40 bits per heavy atom. The summed E-state index contributed by atoms with van der Waals surface area (Å²) < 4.78 is 25.2. The number of sulfonamides is 1. The van der Waals surface area contributed by atoms with Crippen LogP contribution in [0.4, 0.5) is 0 Å². The lowest BCUT2D eigenvalue weighted by Gasteiger charge is -2.20. The summed E-state index contributed by atoms with van der Waals surface area (Å²) in [5.74, 6) is 1.20. The van der Waals surface area contributed by atoms with Crippen molar-refractivity contribution in [1.29, 1.82) is 0 Å². The second kappa shape index (κ2) is 9.04. The Hall–Kier alpha value is -0.0900. The lowest BCUT2D eigenvalue weighted by atomic mass is 10.1. The van der Waals surface area contributed by atoms with E-state index in [2.05, 4.69) is 28.9 Å². The molecule has 6 nitrogen and oxygen atoms in total. The highest BCUT2D eigenvalue weighted by molar-refractivity contribution is 14.0. The molecule has 1 aliphatic rings. The van der Waals surface area contributed by atoms with Crippen molar-refractivity contribution < 1.29 is 8.42 Å². The van der Waals surface area contributed by atoms with Gasteiger partial charge in [0.2, 0.25) is 10.0 Å². The van der Waals surface area contributed by atoms with Crippen LogP contribution in [0.2, 0.25) is 0 Å². The Morgan fingerprint density at radius 3 is 2.60 bits per heavy atom. The first kappa shape index (κ1) is 19.9. The highest BCUT2D eigenvalue weighted by Gasteiger charge is 2.29. The molecule has 120 valence electrons. The van der Waals surface area contributed by atoms with E-state index in [1.165, 1.54) is 6.26 Å². The van der Waals surface area contributed by atoms with Crippen molar-refractivity contribution in [3.05, 3.63) is 0 Å². The molecule has 1 fully saturated rings. The fourth-order valence-corrected chi connectivity index (χ4v) is 3.14. The number of hydrogen-bond donors (Lipinski definition) is 3. The summed E-state index contributed by atoms with van der Waals surface area (Å²) in [7, 11) is -3.14. The molecule has 1 saturated carbocycles. The molecule has 0 aromatic heterocycles. The minimum absolute atomic E-state index is 0. The number of nitrogens with zero attached hydrogens (tertiary/aromatic N) is 1. The molecule has 2 atom stereocenters. The van der Waals surface area contributed by atoms with Crippen molar-refractivity contribution in [1.82, 2.24) is 10.0 Å². The third-order valence-electron chi connectivity index (χ3n) is 3.20. The van der Waals surface area contributed by atoms with Gasteiger partial charge >= 0.3 is 0 Å². The molecule has 2 unspecified atom stereocenters. The zero-order valence-corrected chi connectivity index (χ0v) is 15.6. The summed E-state index contributed by atoms with van der Waals surface area (Å²) >= 11 is 0. The Labute approximate surface area is 139 Å². The molecular weight excluding hydrogens is 391 g/mol. The quantitative estimate of drug-likeness (QED) is 0.339. The van der Waals surface area contributed by atoms with Crippen molar-refractivity contribution in [2.24, 2.45) is 22.6 Å². The van der Waals surface area contributed by atoms with Crippen LogP contribution in [0.15, 0.2) is 4.99 Å². The maximum absolute atomic E-state index is 11.3. The largest absolute Gasteiger partial charge is 0.370 e. The zero-order valence-electron chi connectivity index (χ0n) is 12.4. The summed E-state index contributed by atoms with van der Waals surface area (Å²) in [6, 6.07) is 0.0143. The van der Waals surface area contributed by atoms with E-state index in [-0.39, 0.29) is 35.9 Å². The van der Waals surface area contributed by atoms with E-state index < -0.39 is 10.0 Å². The van der Waals surface area contributed by atoms with Crippen LogP contribution in [0.25, 0.3) is 0 Å². The van der Waals surface area contributed by atoms with Gasteiger partial charge in [-0.2, -0.15) is 0 Å². The third kappa shape index (κ3) is 8.25.